The molecule has 0 aromatic heterocycles. The molecule has 2 aromatic rings. The summed E-state index contributed by atoms with van der Waals surface area (Å²) in [5.41, 5.74) is 5.92. The third-order valence-corrected chi connectivity index (χ3v) is 6.42. The molecule has 0 saturated carbocycles. The summed E-state index contributed by atoms with van der Waals surface area (Å²) in [6.07, 6.45) is -0.298. The molecule has 2 rings (SSSR count). The summed E-state index contributed by atoms with van der Waals surface area (Å²) in [4.78, 5) is 15.9. The van der Waals surface area contributed by atoms with Crippen molar-refractivity contribution in [3.63, 3.8) is 0 Å². The summed E-state index contributed by atoms with van der Waals surface area (Å²) >= 11 is 6.70. The molecule has 1 amide bonds. The molecular formula is C22H27Br2N3O6S. The van der Waals surface area contributed by atoms with Crippen molar-refractivity contribution in [3.05, 3.63) is 57.0 Å². The number of carbonyl (C=O) groups is 1. The second kappa shape index (κ2) is 12.5. The number of hydrogen-bond acceptors (Lipinski definition) is 7. The molecule has 0 bridgehead atoms. The lowest BCUT2D eigenvalue weighted by Crippen LogP contribution is -2.40. The highest BCUT2D eigenvalue weighted by atomic mass is 79.9. The summed E-state index contributed by atoms with van der Waals surface area (Å²) in [5.74, 6) is 0.534. The lowest BCUT2D eigenvalue weighted by atomic mass is 10.2. The molecule has 0 saturated heterocycles. The van der Waals surface area contributed by atoms with Gasteiger partial charge < -0.3 is 15.2 Å². The van der Waals surface area contributed by atoms with Gasteiger partial charge in [-0.1, -0.05) is 22.0 Å². The number of ether oxygens (including phenoxy) is 2. The van der Waals surface area contributed by atoms with Crippen LogP contribution in [0.4, 0.5) is 4.79 Å². The Hall–Kier alpha value is -2.15. The molecule has 12 heteroatoms. The summed E-state index contributed by atoms with van der Waals surface area (Å²) in [6.45, 7) is 5.74. The first-order valence-electron chi connectivity index (χ1n) is 10.2. The molecule has 0 aliphatic rings. The standard InChI is InChI=1S/C22H27Br2N3O6S/c1-22(2,3)33-21(28)27-20(25)26-14-15-5-10-19(18(24)13-15)31-11-4-12-32-34(29,30)17-8-6-16(23)7-9-17/h5-10,13H,4,11-12,14H2,1-3H3,(H3,25,26,27,28). The molecule has 0 radical (unpaired) electrons. The van der Waals surface area contributed by atoms with Crippen molar-refractivity contribution in [2.24, 2.45) is 10.7 Å². The first kappa shape index (κ1) is 28.1. The van der Waals surface area contributed by atoms with Crippen LogP contribution in [0.15, 0.2) is 61.3 Å². The van der Waals surface area contributed by atoms with Crippen LogP contribution in [0, 0.1) is 0 Å². The Kier molecular flexibility index (Phi) is 10.3. The molecule has 186 valence electrons. The normalized spacial score (nSPS) is 12.3. The minimum atomic E-state index is -3.81. The third kappa shape index (κ3) is 10.00. The van der Waals surface area contributed by atoms with Crippen molar-refractivity contribution in [1.29, 1.82) is 0 Å². The van der Waals surface area contributed by atoms with E-state index in [0.717, 1.165) is 10.0 Å². The first-order valence-corrected chi connectivity index (χ1v) is 13.2. The Morgan fingerprint density at radius 3 is 2.38 bits per heavy atom. The molecule has 2 aromatic carbocycles. The van der Waals surface area contributed by atoms with Gasteiger partial charge in [0, 0.05) is 10.9 Å². The topological polar surface area (TPSA) is 129 Å². The second-order valence-corrected chi connectivity index (χ2v) is 11.4. The third-order valence-electron chi connectivity index (χ3n) is 3.94. The molecule has 0 aliphatic carbocycles. The average Bonchev–Trinajstić information content (AvgIpc) is 2.72. The monoisotopic (exact) mass is 619 g/mol. The van der Waals surface area contributed by atoms with Crippen molar-refractivity contribution in [1.82, 2.24) is 5.32 Å². The molecule has 0 fully saturated rings. The molecule has 34 heavy (non-hydrogen) atoms. The van der Waals surface area contributed by atoms with Crippen molar-refractivity contribution >= 4 is 54.0 Å². The Bertz CT molecular complexity index is 1120. The van der Waals surface area contributed by atoms with Gasteiger partial charge in [0.05, 0.1) is 29.1 Å². The van der Waals surface area contributed by atoms with Gasteiger partial charge in [-0.3, -0.25) is 9.50 Å². The van der Waals surface area contributed by atoms with Crippen molar-refractivity contribution < 1.29 is 26.9 Å². The van der Waals surface area contributed by atoms with E-state index >= 15 is 0 Å². The van der Waals surface area contributed by atoms with Crippen molar-refractivity contribution in [2.75, 3.05) is 13.2 Å². The second-order valence-electron chi connectivity index (χ2n) is 8.03. The number of hydrogen-bond donors (Lipinski definition) is 2. The Balaban J connectivity index is 1.78. The van der Waals surface area contributed by atoms with Gasteiger partial charge in [0.15, 0.2) is 5.96 Å². The fourth-order valence-electron chi connectivity index (χ4n) is 2.46. The molecule has 0 heterocycles. The van der Waals surface area contributed by atoms with Crippen LogP contribution in [0.25, 0.3) is 0 Å². The number of rotatable bonds is 9. The lowest BCUT2D eigenvalue weighted by Gasteiger charge is -2.19. The largest absolute Gasteiger partial charge is 0.492 e. The number of aliphatic imine (C=N–C) groups is 1. The van der Waals surface area contributed by atoms with Crippen LogP contribution in [0.3, 0.4) is 0 Å². The zero-order valence-electron chi connectivity index (χ0n) is 19.0. The van der Waals surface area contributed by atoms with Crippen LogP contribution in [-0.4, -0.2) is 39.3 Å². The van der Waals surface area contributed by atoms with E-state index in [4.69, 9.17) is 19.4 Å². The molecule has 0 aliphatic heterocycles. The van der Waals surface area contributed by atoms with Crippen molar-refractivity contribution in [3.8, 4) is 5.75 Å². The predicted octanol–water partition coefficient (Wildman–Crippen LogP) is 4.73. The van der Waals surface area contributed by atoms with E-state index in [0.29, 0.717) is 16.6 Å². The SMILES string of the molecule is CC(C)(C)OC(=O)NC(N)=NCc1ccc(OCCCOS(=O)(=O)c2ccc(Br)cc2)c(Br)c1. The van der Waals surface area contributed by atoms with Crippen molar-refractivity contribution in [2.45, 2.75) is 44.2 Å². The first-order chi connectivity index (χ1) is 15.9. The summed E-state index contributed by atoms with van der Waals surface area (Å²) in [7, 11) is -3.81. The number of guanidine groups is 1. The summed E-state index contributed by atoms with van der Waals surface area (Å²) in [5, 5.41) is 2.37. The smallest absolute Gasteiger partial charge is 0.414 e. The van der Waals surface area contributed by atoms with Gasteiger partial charge >= 0.3 is 6.09 Å². The summed E-state index contributed by atoms with van der Waals surface area (Å²) < 4.78 is 41.7. The molecule has 0 unspecified atom stereocenters. The van der Waals surface area contributed by atoms with Gasteiger partial charge in [-0.2, -0.15) is 8.42 Å². The highest BCUT2D eigenvalue weighted by Crippen LogP contribution is 2.26. The number of alkyl carbamates (subject to hydrolysis) is 1. The number of nitrogens with one attached hydrogen (secondary N) is 1. The van der Waals surface area contributed by atoms with Crippen LogP contribution in [0.1, 0.15) is 32.8 Å². The summed E-state index contributed by atoms with van der Waals surface area (Å²) in [6, 6.07) is 11.6. The maximum atomic E-state index is 12.2. The number of carbonyl (C=O) groups excluding carboxylic acids is 1. The van der Waals surface area contributed by atoms with Gasteiger partial charge in [0.2, 0.25) is 0 Å². The van der Waals surface area contributed by atoms with Gasteiger partial charge in [-0.25, -0.2) is 9.79 Å². The van der Waals surface area contributed by atoms with Crippen LogP contribution in [0.5, 0.6) is 5.75 Å². The Morgan fingerprint density at radius 1 is 1.09 bits per heavy atom. The number of nitrogens with zero attached hydrogens (tertiary/aromatic N) is 1. The zero-order valence-corrected chi connectivity index (χ0v) is 23.0. The maximum absolute atomic E-state index is 12.2. The highest BCUT2D eigenvalue weighted by Gasteiger charge is 2.17. The van der Waals surface area contributed by atoms with Crippen LogP contribution >= 0.6 is 31.9 Å². The Morgan fingerprint density at radius 2 is 1.76 bits per heavy atom. The predicted molar refractivity (Wildman–Crippen MR) is 136 cm³/mol. The zero-order chi connectivity index (χ0) is 25.4. The fraction of sp³-hybridized carbons (Fsp3) is 0.364. The van der Waals surface area contributed by atoms with E-state index in [1.165, 1.54) is 12.1 Å². The number of nitrogens with two attached hydrogens (primary N) is 1. The number of benzene rings is 2. The van der Waals surface area contributed by atoms with E-state index in [9.17, 15) is 13.2 Å². The van der Waals surface area contributed by atoms with Crippen LogP contribution in [-0.2, 0) is 25.6 Å². The minimum Gasteiger partial charge on any atom is -0.492 e. The van der Waals surface area contributed by atoms with E-state index in [1.54, 1.807) is 45.0 Å². The Labute approximate surface area is 216 Å². The van der Waals surface area contributed by atoms with E-state index < -0.39 is 21.8 Å². The molecule has 0 spiro atoms. The molecule has 3 N–H and O–H groups in total. The van der Waals surface area contributed by atoms with E-state index in [-0.39, 0.29) is 30.6 Å². The van der Waals surface area contributed by atoms with Gasteiger partial charge in [-0.05, 0) is 78.7 Å². The lowest BCUT2D eigenvalue weighted by molar-refractivity contribution is 0.0562. The maximum Gasteiger partial charge on any atom is 0.414 e. The van der Waals surface area contributed by atoms with Crippen LogP contribution in [0.2, 0.25) is 0 Å². The molecule has 0 atom stereocenters. The number of amides is 1. The fourth-order valence-corrected chi connectivity index (χ4v) is 4.21. The van der Waals surface area contributed by atoms with Crippen LogP contribution < -0.4 is 15.8 Å². The van der Waals surface area contributed by atoms with Gasteiger partial charge in [0.1, 0.15) is 11.4 Å². The van der Waals surface area contributed by atoms with Gasteiger partial charge in [-0.15, -0.1) is 0 Å². The molecule has 9 nitrogen and oxygen atoms in total. The van der Waals surface area contributed by atoms with Gasteiger partial charge in [0.25, 0.3) is 10.1 Å². The van der Waals surface area contributed by atoms with E-state index in [1.807, 2.05) is 6.07 Å². The minimum absolute atomic E-state index is 0.00720. The van der Waals surface area contributed by atoms with E-state index in [2.05, 4.69) is 42.2 Å². The number of halogens is 2. The molecular weight excluding hydrogens is 594 g/mol. The average molecular weight is 621 g/mol. The quantitative estimate of drug-likeness (QED) is 0.179. The highest BCUT2D eigenvalue weighted by molar-refractivity contribution is 9.10.